The molecular formula is C12H27NO6P2. The van der Waals surface area contributed by atoms with Crippen LogP contribution in [0.25, 0.3) is 0 Å². The Bertz CT molecular complexity index is 376. The van der Waals surface area contributed by atoms with Gasteiger partial charge in [0.25, 0.3) is 0 Å². The second-order valence-electron chi connectivity index (χ2n) is 4.72. The van der Waals surface area contributed by atoms with Gasteiger partial charge >= 0.3 is 15.2 Å². The lowest BCUT2D eigenvalue weighted by Gasteiger charge is -2.39. The molecule has 0 radical (unpaired) electrons. The lowest BCUT2D eigenvalue weighted by atomic mass is 10.4. The Morgan fingerprint density at radius 2 is 1.14 bits per heavy atom. The quantitative estimate of drug-likeness (QED) is 0.573. The van der Waals surface area contributed by atoms with Crippen molar-refractivity contribution in [3.63, 3.8) is 0 Å². The van der Waals surface area contributed by atoms with Crippen LogP contribution in [-0.2, 0) is 27.2 Å². The molecule has 1 rings (SSSR count). The molecule has 1 saturated carbocycles. The molecule has 0 bridgehead atoms. The first-order chi connectivity index (χ1) is 9.85. The van der Waals surface area contributed by atoms with Crippen LogP contribution in [0.1, 0.15) is 40.5 Å². The average molecular weight is 343 g/mol. The number of hydrogen-bond donors (Lipinski definition) is 1. The van der Waals surface area contributed by atoms with Crippen molar-refractivity contribution in [2.75, 3.05) is 26.4 Å². The Hall–Kier alpha value is 0.260. The van der Waals surface area contributed by atoms with Gasteiger partial charge in [0.2, 0.25) is 5.02 Å². The van der Waals surface area contributed by atoms with Gasteiger partial charge in [-0.1, -0.05) is 0 Å². The van der Waals surface area contributed by atoms with E-state index < -0.39 is 20.2 Å². The summed E-state index contributed by atoms with van der Waals surface area (Å²) in [5.74, 6) is -0.259. The molecule has 0 unspecified atom stereocenters. The van der Waals surface area contributed by atoms with Crippen LogP contribution in [0.3, 0.4) is 0 Å². The molecule has 0 aliphatic heterocycles. The molecule has 9 heteroatoms. The number of hydrogen-bond acceptors (Lipinski definition) is 7. The van der Waals surface area contributed by atoms with Crippen molar-refractivity contribution in [1.29, 1.82) is 0 Å². The lowest BCUT2D eigenvalue weighted by molar-refractivity contribution is 0.172. The molecule has 0 heterocycles. The van der Waals surface area contributed by atoms with Crippen LogP contribution in [-0.4, -0.2) is 31.4 Å². The highest BCUT2D eigenvalue weighted by Gasteiger charge is 2.69. The zero-order chi connectivity index (χ0) is 16.1. The Morgan fingerprint density at radius 1 is 0.857 bits per heavy atom. The summed E-state index contributed by atoms with van der Waals surface area (Å²) >= 11 is 0. The van der Waals surface area contributed by atoms with Gasteiger partial charge in [0.1, 0.15) is 0 Å². The van der Waals surface area contributed by atoms with Crippen LogP contribution in [0.5, 0.6) is 0 Å². The molecule has 0 saturated heterocycles. The Balaban J connectivity index is 3.33. The molecule has 0 spiro atoms. The second-order valence-corrected chi connectivity index (χ2v) is 9.58. The zero-order valence-electron chi connectivity index (χ0n) is 13.2. The van der Waals surface area contributed by atoms with E-state index in [9.17, 15) is 9.13 Å². The fourth-order valence-corrected chi connectivity index (χ4v) is 7.91. The lowest BCUT2D eigenvalue weighted by Crippen LogP contribution is -2.44. The number of rotatable bonds is 11. The van der Waals surface area contributed by atoms with Crippen molar-refractivity contribution in [2.45, 2.75) is 45.6 Å². The van der Waals surface area contributed by atoms with Crippen molar-refractivity contribution in [3.8, 4) is 0 Å². The normalized spacial score (nSPS) is 17.2. The molecule has 0 amide bonds. The summed E-state index contributed by atoms with van der Waals surface area (Å²) in [5.41, 5.74) is 6.38. The average Bonchev–Trinajstić information content (AvgIpc) is 3.23. The van der Waals surface area contributed by atoms with Crippen molar-refractivity contribution >= 4 is 15.2 Å². The fraction of sp³-hybridized carbons (Fsp3) is 1.00. The Labute approximate surface area is 126 Å². The second kappa shape index (κ2) is 7.69. The first-order valence-electron chi connectivity index (χ1n) is 7.42. The Kier molecular flexibility index (Phi) is 7.07. The van der Waals surface area contributed by atoms with Crippen molar-refractivity contribution < 1.29 is 27.2 Å². The Morgan fingerprint density at radius 3 is 1.33 bits per heavy atom. The molecular weight excluding hydrogens is 316 g/mol. The third kappa shape index (κ3) is 3.61. The maximum Gasteiger partial charge on any atom is 0.363 e. The first kappa shape index (κ1) is 19.3. The zero-order valence-corrected chi connectivity index (χ0v) is 15.0. The van der Waals surface area contributed by atoms with Gasteiger partial charge in [-0.2, -0.15) is 0 Å². The van der Waals surface area contributed by atoms with Gasteiger partial charge in [-0.05, 0) is 40.5 Å². The highest BCUT2D eigenvalue weighted by atomic mass is 31.2. The van der Waals surface area contributed by atoms with Crippen LogP contribution in [0.2, 0.25) is 0 Å². The van der Waals surface area contributed by atoms with Gasteiger partial charge < -0.3 is 23.8 Å². The minimum Gasteiger partial charge on any atom is -0.307 e. The molecule has 1 fully saturated rings. The minimum absolute atomic E-state index is 0.140. The van der Waals surface area contributed by atoms with Gasteiger partial charge in [0.05, 0.1) is 26.4 Å². The van der Waals surface area contributed by atoms with Gasteiger partial charge in [-0.25, -0.2) is 0 Å². The van der Waals surface area contributed by atoms with Crippen LogP contribution in [0, 0.1) is 5.92 Å². The molecule has 0 atom stereocenters. The van der Waals surface area contributed by atoms with E-state index >= 15 is 0 Å². The number of nitrogens with two attached hydrogens (primary N) is 1. The van der Waals surface area contributed by atoms with Crippen molar-refractivity contribution in [2.24, 2.45) is 11.7 Å². The molecule has 2 N–H and O–H groups in total. The van der Waals surface area contributed by atoms with Gasteiger partial charge in [-0.15, -0.1) is 0 Å². The van der Waals surface area contributed by atoms with E-state index in [1.165, 1.54) is 0 Å². The van der Waals surface area contributed by atoms with Crippen LogP contribution < -0.4 is 5.73 Å². The summed E-state index contributed by atoms with van der Waals surface area (Å²) in [4.78, 5) is 0. The maximum atomic E-state index is 13.2. The van der Waals surface area contributed by atoms with E-state index in [0.717, 1.165) is 0 Å². The molecule has 126 valence electrons. The predicted octanol–water partition coefficient (Wildman–Crippen LogP) is 3.54. The highest BCUT2D eigenvalue weighted by molar-refractivity contribution is 7.74. The molecule has 1 aliphatic rings. The highest BCUT2D eigenvalue weighted by Crippen LogP contribution is 2.80. The van der Waals surface area contributed by atoms with E-state index in [1.54, 1.807) is 27.7 Å². The maximum absolute atomic E-state index is 13.2. The molecule has 7 nitrogen and oxygen atoms in total. The van der Waals surface area contributed by atoms with Crippen LogP contribution >= 0.6 is 15.2 Å². The van der Waals surface area contributed by atoms with Crippen molar-refractivity contribution in [3.05, 3.63) is 0 Å². The van der Waals surface area contributed by atoms with Crippen LogP contribution in [0.15, 0.2) is 0 Å². The molecule has 1 aliphatic carbocycles. The van der Waals surface area contributed by atoms with E-state index in [2.05, 4.69) is 0 Å². The summed E-state index contributed by atoms with van der Waals surface area (Å²) in [6.07, 6.45) is 1.40. The van der Waals surface area contributed by atoms with Gasteiger partial charge in [-0.3, -0.25) is 9.13 Å². The largest absolute Gasteiger partial charge is 0.363 e. The van der Waals surface area contributed by atoms with E-state index in [0.29, 0.717) is 12.8 Å². The first-order valence-corrected chi connectivity index (χ1v) is 10.5. The summed E-state index contributed by atoms with van der Waals surface area (Å²) in [7, 11) is -7.70. The molecule has 0 aromatic rings. The summed E-state index contributed by atoms with van der Waals surface area (Å²) in [5, 5.41) is -1.75. The monoisotopic (exact) mass is 343 g/mol. The third-order valence-electron chi connectivity index (χ3n) is 3.25. The standard InChI is InChI=1S/C12H27NO6P2/c1-5-16-20(14,17-6-2)12(13,11-9-10-11)21(15,18-7-3)19-8-4/h11H,5-10,13H2,1-4H3. The summed E-state index contributed by atoms with van der Waals surface area (Å²) in [6.45, 7) is 7.30. The summed E-state index contributed by atoms with van der Waals surface area (Å²) < 4.78 is 47.8. The molecule has 0 aromatic heterocycles. The van der Waals surface area contributed by atoms with Crippen molar-refractivity contribution in [1.82, 2.24) is 0 Å². The SMILES string of the molecule is CCOP(=O)(OCC)C(N)(C1CC1)P(=O)(OCC)OCC. The predicted molar refractivity (Wildman–Crippen MR) is 81.4 cm³/mol. The smallest absolute Gasteiger partial charge is 0.307 e. The van der Waals surface area contributed by atoms with E-state index in [4.69, 9.17) is 23.8 Å². The van der Waals surface area contributed by atoms with Gasteiger partial charge in [0.15, 0.2) is 0 Å². The van der Waals surface area contributed by atoms with E-state index in [-0.39, 0.29) is 32.3 Å². The van der Waals surface area contributed by atoms with E-state index in [1.807, 2.05) is 0 Å². The third-order valence-corrected chi connectivity index (χ3v) is 9.60. The summed E-state index contributed by atoms with van der Waals surface area (Å²) in [6, 6.07) is 0. The van der Waals surface area contributed by atoms with Gasteiger partial charge in [0, 0.05) is 5.92 Å². The molecule has 0 aromatic carbocycles. The fourth-order valence-electron chi connectivity index (χ4n) is 2.27. The minimum atomic E-state index is -3.85. The van der Waals surface area contributed by atoms with Crippen LogP contribution in [0.4, 0.5) is 0 Å². The molecule has 21 heavy (non-hydrogen) atoms. The topological polar surface area (TPSA) is 97.1 Å².